The summed E-state index contributed by atoms with van der Waals surface area (Å²) in [5, 5.41) is 0.162. The Balaban J connectivity index is 2.38. The predicted octanol–water partition coefficient (Wildman–Crippen LogP) is 3.39. The molecule has 2 rings (SSSR count). The lowest BCUT2D eigenvalue weighted by Gasteiger charge is -2.22. The molecule has 0 atom stereocenters. The molecule has 1 aromatic carbocycles. The SMILES string of the molecule is CCN(CC)C(=O)c1ccc(Cl)c(S(=O)(=O)N2CCCCCC2)c1. The molecule has 5 nitrogen and oxygen atoms in total. The molecule has 134 valence electrons. The van der Waals surface area contributed by atoms with E-state index in [-0.39, 0.29) is 15.8 Å². The van der Waals surface area contributed by atoms with Gasteiger partial charge in [0.1, 0.15) is 4.90 Å². The molecule has 1 aliphatic rings. The minimum atomic E-state index is -3.68. The lowest BCUT2D eigenvalue weighted by atomic mass is 10.2. The van der Waals surface area contributed by atoms with Crippen molar-refractivity contribution < 1.29 is 13.2 Å². The highest BCUT2D eigenvalue weighted by Crippen LogP contribution is 2.28. The van der Waals surface area contributed by atoms with Crippen LogP contribution in [0.1, 0.15) is 49.9 Å². The zero-order chi connectivity index (χ0) is 17.7. The highest BCUT2D eigenvalue weighted by molar-refractivity contribution is 7.89. The number of carbonyl (C=O) groups excluding carboxylic acids is 1. The van der Waals surface area contributed by atoms with Gasteiger partial charge in [-0.05, 0) is 44.9 Å². The normalized spacial score (nSPS) is 16.6. The molecule has 24 heavy (non-hydrogen) atoms. The number of nitrogens with zero attached hydrogens (tertiary/aromatic N) is 2. The third kappa shape index (κ3) is 4.10. The molecule has 7 heteroatoms. The molecular formula is C17H25ClN2O3S. The molecule has 1 heterocycles. The van der Waals surface area contributed by atoms with Crippen LogP contribution in [0.3, 0.4) is 0 Å². The Hall–Kier alpha value is -1.11. The highest BCUT2D eigenvalue weighted by Gasteiger charge is 2.28. The topological polar surface area (TPSA) is 57.7 Å². The lowest BCUT2D eigenvalue weighted by Crippen LogP contribution is -2.33. The minimum Gasteiger partial charge on any atom is -0.339 e. The summed E-state index contributed by atoms with van der Waals surface area (Å²) in [4.78, 5) is 14.2. The van der Waals surface area contributed by atoms with Crippen LogP contribution in [-0.2, 0) is 10.0 Å². The molecule has 1 fully saturated rings. The van der Waals surface area contributed by atoms with Crippen molar-refractivity contribution in [2.45, 2.75) is 44.4 Å². The Labute approximate surface area is 149 Å². The van der Waals surface area contributed by atoms with Crippen LogP contribution in [0.15, 0.2) is 23.1 Å². The van der Waals surface area contributed by atoms with E-state index in [1.165, 1.54) is 16.4 Å². The molecule has 0 saturated carbocycles. The van der Waals surface area contributed by atoms with Gasteiger partial charge in [-0.2, -0.15) is 4.31 Å². The molecule has 1 saturated heterocycles. The van der Waals surface area contributed by atoms with Gasteiger partial charge in [-0.15, -0.1) is 0 Å². The van der Waals surface area contributed by atoms with Crippen molar-refractivity contribution in [2.75, 3.05) is 26.2 Å². The fourth-order valence-electron chi connectivity index (χ4n) is 2.95. The van der Waals surface area contributed by atoms with Gasteiger partial charge in [0.25, 0.3) is 5.91 Å². The van der Waals surface area contributed by atoms with Crippen LogP contribution < -0.4 is 0 Å². The van der Waals surface area contributed by atoms with Crippen molar-refractivity contribution >= 4 is 27.5 Å². The van der Waals surface area contributed by atoms with Gasteiger partial charge in [0.15, 0.2) is 0 Å². The number of sulfonamides is 1. The number of benzene rings is 1. The first-order chi connectivity index (χ1) is 11.4. The largest absolute Gasteiger partial charge is 0.339 e. The van der Waals surface area contributed by atoms with E-state index in [0.29, 0.717) is 31.7 Å². The molecule has 0 N–H and O–H groups in total. The maximum absolute atomic E-state index is 13.0. The van der Waals surface area contributed by atoms with Gasteiger partial charge in [0, 0.05) is 31.7 Å². The van der Waals surface area contributed by atoms with E-state index in [0.717, 1.165) is 25.7 Å². The number of hydrogen-bond acceptors (Lipinski definition) is 3. The van der Waals surface area contributed by atoms with E-state index < -0.39 is 10.0 Å². The molecule has 0 radical (unpaired) electrons. The van der Waals surface area contributed by atoms with E-state index in [4.69, 9.17) is 11.6 Å². The molecule has 1 aliphatic heterocycles. The minimum absolute atomic E-state index is 0.0315. The number of rotatable bonds is 5. The van der Waals surface area contributed by atoms with Gasteiger partial charge >= 0.3 is 0 Å². The van der Waals surface area contributed by atoms with Crippen molar-refractivity contribution in [1.29, 1.82) is 0 Å². The molecule has 0 aromatic heterocycles. The van der Waals surface area contributed by atoms with E-state index in [9.17, 15) is 13.2 Å². The van der Waals surface area contributed by atoms with Gasteiger partial charge in [0.2, 0.25) is 10.0 Å². The zero-order valence-corrected chi connectivity index (χ0v) is 15.9. The summed E-state index contributed by atoms with van der Waals surface area (Å²) in [6.07, 6.45) is 3.80. The number of carbonyl (C=O) groups is 1. The zero-order valence-electron chi connectivity index (χ0n) is 14.3. The summed E-state index contributed by atoms with van der Waals surface area (Å²) in [6, 6.07) is 4.51. The molecule has 1 amide bonds. The Bertz CT molecular complexity index is 679. The molecule has 0 unspecified atom stereocenters. The monoisotopic (exact) mass is 372 g/mol. The average Bonchev–Trinajstić information content (AvgIpc) is 2.86. The molecule has 0 aliphatic carbocycles. The molecule has 1 aromatic rings. The van der Waals surface area contributed by atoms with Crippen molar-refractivity contribution in [3.63, 3.8) is 0 Å². The van der Waals surface area contributed by atoms with E-state index >= 15 is 0 Å². The van der Waals surface area contributed by atoms with E-state index in [2.05, 4.69) is 0 Å². The van der Waals surface area contributed by atoms with Crippen molar-refractivity contribution in [3.8, 4) is 0 Å². The maximum Gasteiger partial charge on any atom is 0.253 e. The van der Waals surface area contributed by atoms with Gasteiger partial charge in [0.05, 0.1) is 5.02 Å². The van der Waals surface area contributed by atoms with Crippen LogP contribution in [0.25, 0.3) is 0 Å². The second-order valence-corrected chi connectivity index (χ2v) is 8.25. The number of hydrogen-bond donors (Lipinski definition) is 0. The Morgan fingerprint density at radius 3 is 2.25 bits per heavy atom. The second kappa shape index (κ2) is 8.32. The third-order valence-electron chi connectivity index (χ3n) is 4.41. The fraction of sp³-hybridized carbons (Fsp3) is 0.588. The van der Waals surface area contributed by atoms with Crippen LogP contribution in [0.5, 0.6) is 0 Å². The summed E-state index contributed by atoms with van der Waals surface area (Å²) in [7, 11) is -3.68. The first-order valence-corrected chi connectivity index (χ1v) is 10.3. The summed E-state index contributed by atoms with van der Waals surface area (Å²) < 4.78 is 27.4. The Morgan fingerprint density at radius 2 is 1.71 bits per heavy atom. The fourth-order valence-corrected chi connectivity index (χ4v) is 4.97. The average molecular weight is 373 g/mol. The van der Waals surface area contributed by atoms with Crippen LogP contribution in [0, 0.1) is 0 Å². The second-order valence-electron chi connectivity index (χ2n) is 5.94. The highest BCUT2D eigenvalue weighted by atomic mass is 35.5. The lowest BCUT2D eigenvalue weighted by molar-refractivity contribution is 0.0772. The first-order valence-electron chi connectivity index (χ1n) is 8.50. The van der Waals surface area contributed by atoms with Crippen molar-refractivity contribution in [2.24, 2.45) is 0 Å². The smallest absolute Gasteiger partial charge is 0.253 e. The van der Waals surface area contributed by atoms with Crippen LogP contribution in [0.2, 0.25) is 5.02 Å². The predicted molar refractivity (Wildman–Crippen MR) is 95.9 cm³/mol. The molecule has 0 bridgehead atoms. The van der Waals surface area contributed by atoms with Crippen molar-refractivity contribution in [1.82, 2.24) is 9.21 Å². The van der Waals surface area contributed by atoms with Crippen LogP contribution >= 0.6 is 11.6 Å². The number of amides is 1. The Morgan fingerprint density at radius 1 is 1.12 bits per heavy atom. The standard InChI is InChI=1S/C17H25ClN2O3S/c1-3-19(4-2)17(21)14-9-10-15(18)16(13-14)24(22,23)20-11-7-5-6-8-12-20/h9-10,13H,3-8,11-12H2,1-2H3. The van der Waals surface area contributed by atoms with Gasteiger partial charge in [-0.3, -0.25) is 4.79 Å². The quantitative estimate of drug-likeness (QED) is 0.796. The summed E-state index contributed by atoms with van der Waals surface area (Å²) in [5.41, 5.74) is 0.358. The van der Waals surface area contributed by atoms with Crippen molar-refractivity contribution in [3.05, 3.63) is 28.8 Å². The van der Waals surface area contributed by atoms with Gasteiger partial charge in [-0.1, -0.05) is 24.4 Å². The first kappa shape index (κ1) is 19.2. The molecule has 0 spiro atoms. The molecular weight excluding hydrogens is 348 g/mol. The van der Waals surface area contributed by atoms with Crippen LogP contribution in [0.4, 0.5) is 0 Å². The number of halogens is 1. The summed E-state index contributed by atoms with van der Waals surface area (Å²) in [6.45, 7) is 5.95. The van der Waals surface area contributed by atoms with E-state index in [1.807, 2.05) is 13.8 Å². The maximum atomic E-state index is 13.0. The Kier molecular flexibility index (Phi) is 6.66. The van der Waals surface area contributed by atoms with Crippen LogP contribution in [-0.4, -0.2) is 49.7 Å². The van der Waals surface area contributed by atoms with Gasteiger partial charge in [-0.25, -0.2) is 8.42 Å². The summed E-state index contributed by atoms with van der Waals surface area (Å²) in [5.74, 6) is -0.177. The third-order valence-corrected chi connectivity index (χ3v) is 6.79. The van der Waals surface area contributed by atoms with E-state index in [1.54, 1.807) is 11.0 Å². The summed E-state index contributed by atoms with van der Waals surface area (Å²) >= 11 is 6.16. The van der Waals surface area contributed by atoms with Gasteiger partial charge < -0.3 is 4.90 Å².